The van der Waals surface area contributed by atoms with Gasteiger partial charge in [-0.2, -0.15) is 13.2 Å². The Morgan fingerprint density at radius 3 is 2.00 bits per heavy atom. The van der Waals surface area contributed by atoms with Gasteiger partial charge in [0.1, 0.15) is 6.10 Å². The van der Waals surface area contributed by atoms with Gasteiger partial charge in [0.2, 0.25) is 0 Å². The SMILES string of the molecule is CCC(C)(C)C(=O)OC(CC(C)C)CC(C)(O)C(F)(F)F. The number of halogens is 3. The zero-order valence-corrected chi connectivity index (χ0v) is 13.7. The quantitative estimate of drug-likeness (QED) is 0.720. The Morgan fingerprint density at radius 1 is 1.19 bits per heavy atom. The molecule has 0 fully saturated rings. The van der Waals surface area contributed by atoms with Gasteiger partial charge in [-0.3, -0.25) is 4.79 Å². The number of carbonyl (C=O) groups excluding carboxylic acids is 1. The molecule has 0 spiro atoms. The molecule has 2 atom stereocenters. The van der Waals surface area contributed by atoms with Gasteiger partial charge in [0.25, 0.3) is 0 Å². The lowest BCUT2D eigenvalue weighted by Crippen LogP contribution is -2.46. The summed E-state index contributed by atoms with van der Waals surface area (Å²) in [7, 11) is 0. The van der Waals surface area contributed by atoms with E-state index in [0.717, 1.165) is 0 Å². The summed E-state index contributed by atoms with van der Waals surface area (Å²) in [5.41, 5.74) is -3.62. The van der Waals surface area contributed by atoms with Gasteiger partial charge in [-0.05, 0) is 39.5 Å². The molecule has 2 unspecified atom stereocenters. The van der Waals surface area contributed by atoms with Crippen LogP contribution < -0.4 is 0 Å². The molecular formula is C15H27F3O3. The Morgan fingerprint density at radius 2 is 1.67 bits per heavy atom. The highest BCUT2D eigenvalue weighted by atomic mass is 19.4. The molecule has 1 N–H and O–H groups in total. The molecule has 0 aliphatic heterocycles. The summed E-state index contributed by atoms with van der Waals surface area (Å²) in [5.74, 6) is -0.481. The van der Waals surface area contributed by atoms with Crippen LogP contribution in [-0.2, 0) is 9.53 Å². The molecule has 0 bridgehead atoms. The molecule has 0 aliphatic rings. The van der Waals surface area contributed by atoms with Crippen molar-refractivity contribution in [3.05, 3.63) is 0 Å². The zero-order chi connectivity index (χ0) is 17.1. The first-order valence-electron chi connectivity index (χ1n) is 7.23. The van der Waals surface area contributed by atoms with E-state index in [2.05, 4.69) is 0 Å². The van der Waals surface area contributed by atoms with E-state index in [1.165, 1.54) is 0 Å². The van der Waals surface area contributed by atoms with Crippen LogP contribution in [0.5, 0.6) is 0 Å². The summed E-state index contributed by atoms with van der Waals surface area (Å²) in [5, 5.41) is 9.59. The van der Waals surface area contributed by atoms with Crippen LogP contribution in [0.25, 0.3) is 0 Å². The minimum absolute atomic E-state index is 0.0524. The predicted molar refractivity (Wildman–Crippen MR) is 74.7 cm³/mol. The van der Waals surface area contributed by atoms with Crippen LogP contribution in [0.1, 0.15) is 60.8 Å². The molecular weight excluding hydrogens is 285 g/mol. The average molecular weight is 312 g/mol. The van der Waals surface area contributed by atoms with E-state index in [1.54, 1.807) is 13.8 Å². The Bertz CT molecular complexity index is 347. The second kappa shape index (κ2) is 6.99. The third-order valence-corrected chi connectivity index (χ3v) is 3.68. The minimum atomic E-state index is -4.76. The van der Waals surface area contributed by atoms with Crippen molar-refractivity contribution in [2.75, 3.05) is 0 Å². The van der Waals surface area contributed by atoms with Crippen LogP contribution in [0.2, 0.25) is 0 Å². The van der Waals surface area contributed by atoms with Gasteiger partial charge < -0.3 is 9.84 Å². The largest absolute Gasteiger partial charge is 0.462 e. The molecule has 21 heavy (non-hydrogen) atoms. The highest BCUT2D eigenvalue weighted by Gasteiger charge is 2.51. The molecule has 3 nitrogen and oxygen atoms in total. The predicted octanol–water partition coefficient (Wildman–Crippen LogP) is 4.08. The van der Waals surface area contributed by atoms with E-state index >= 15 is 0 Å². The molecule has 0 aromatic rings. The summed E-state index contributed by atoms with van der Waals surface area (Å²) in [6, 6.07) is 0. The fourth-order valence-corrected chi connectivity index (χ4v) is 1.71. The molecule has 0 saturated heterocycles. The summed E-state index contributed by atoms with van der Waals surface area (Å²) >= 11 is 0. The number of ether oxygens (including phenoxy) is 1. The van der Waals surface area contributed by atoms with E-state index in [4.69, 9.17) is 4.74 Å². The van der Waals surface area contributed by atoms with Gasteiger partial charge in [-0.1, -0.05) is 20.8 Å². The monoisotopic (exact) mass is 312 g/mol. The topological polar surface area (TPSA) is 46.5 Å². The van der Waals surface area contributed by atoms with Gasteiger partial charge in [0, 0.05) is 6.42 Å². The fraction of sp³-hybridized carbons (Fsp3) is 0.933. The first kappa shape index (κ1) is 20.2. The van der Waals surface area contributed by atoms with Gasteiger partial charge in [0.15, 0.2) is 5.60 Å². The number of aliphatic hydroxyl groups is 1. The highest BCUT2D eigenvalue weighted by molar-refractivity contribution is 5.76. The van der Waals surface area contributed by atoms with Crippen molar-refractivity contribution in [3.8, 4) is 0 Å². The zero-order valence-electron chi connectivity index (χ0n) is 13.7. The van der Waals surface area contributed by atoms with Crippen molar-refractivity contribution in [2.24, 2.45) is 11.3 Å². The van der Waals surface area contributed by atoms with Crippen molar-refractivity contribution < 1.29 is 27.8 Å². The van der Waals surface area contributed by atoms with Crippen molar-refractivity contribution in [1.29, 1.82) is 0 Å². The maximum absolute atomic E-state index is 12.8. The van der Waals surface area contributed by atoms with Crippen molar-refractivity contribution in [2.45, 2.75) is 78.7 Å². The van der Waals surface area contributed by atoms with Crippen molar-refractivity contribution in [3.63, 3.8) is 0 Å². The smallest absolute Gasteiger partial charge is 0.417 e. The van der Waals surface area contributed by atoms with Crippen molar-refractivity contribution in [1.82, 2.24) is 0 Å². The number of hydrogen-bond acceptors (Lipinski definition) is 3. The molecule has 6 heteroatoms. The van der Waals surface area contributed by atoms with E-state index < -0.39 is 35.7 Å². The normalized spacial score (nSPS) is 17.5. The molecule has 126 valence electrons. The van der Waals surface area contributed by atoms with E-state index in [0.29, 0.717) is 13.3 Å². The van der Waals surface area contributed by atoms with E-state index in [1.807, 2.05) is 20.8 Å². The second-order valence-electron chi connectivity index (χ2n) is 6.87. The van der Waals surface area contributed by atoms with E-state index in [-0.39, 0.29) is 12.3 Å². The van der Waals surface area contributed by atoms with Crippen LogP contribution >= 0.6 is 0 Å². The number of alkyl halides is 3. The van der Waals surface area contributed by atoms with Crippen LogP contribution in [0.15, 0.2) is 0 Å². The van der Waals surface area contributed by atoms with Gasteiger partial charge in [0.05, 0.1) is 5.41 Å². The van der Waals surface area contributed by atoms with Crippen LogP contribution in [0.3, 0.4) is 0 Å². The summed E-state index contributed by atoms with van der Waals surface area (Å²) < 4.78 is 43.6. The lowest BCUT2D eigenvalue weighted by atomic mass is 9.89. The number of esters is 1. The van der Waals surface area contributed by atoms with Gasteiger partial charge in [-0.25, -0.2) is 0 Å². The summed E-state index contributed by atoms with van der Waals surface area (Å²) in [6.45, 7) is 9.54. The average Bonchev–Trinajstić information content (AvgIpc) is 2.25. The lowest BCUT2D eigenvalue weighted by Gasteiger charge is -2.32. The molecule has 0 aliphatic carbocycles. The van der Waals surface area contributed by atoms with Crippen LogP contribution in [0, 0.1) is 11.3 Å². The van der Waals surface area contributed by atoms with Crippen LogP contribution in [-0.4, -0.2) is 29.0 Å². The molecule has 0 aromatic heterocycles. The first-order valence-corrected chi connectivity index (χ1v) is 7.23. The maximum atomic E-state index is 12.8. The third-order valence-electron chi connectivity index (χ3n) is 3.68. The molecule has 0 rings (SSSR count). The lowest BCUT2D eigenvalue weighted by molar-refractivity contribution is -0.262. The molecule has 0 heterocycles. The Labute approximate surface area is 124 Å². The second-order valence-corrected chi connectivity index (χ2v) is 6.87. The third kappa shape index (κ3) is 6.24. The number of carbonyl (C=O) groups is 1. The fourth-order valence-electron chi connectivity index (χ4n) is 1.71. The Kier molecular flexibility index (Phi) is 6.73. The van der Waals surface area contributed by atoms with Crippen LogP contribution in [0.4, 0.5) is 13.2 Å². The Balaban J connectivity index is 5.03. The van der Waals surface area contributed by atoms with E-state index in [9.17, 15) is 23.1 Å². The maximum Gasteiger partial charge on any atom is 0.417 e. The van der Waals surface area contributed by atoms with Crippen molar-refractivity contribution >= 4 is 5.97 Å². The Hall–Kier alpha value is -0.780. The molecule has 0 amide bonds. The number of rotatable bonds is 7. The highest BCUT2D eigenvalue weighted by Crippen LogP contribution is 2.36. The molecule has 0 saturated carbocycles. The number of hydrogen-bond donors (Lipinski definition) is 1. The summed E-state index contributed by atoms with van der Waals surface area (Å²) in [4.78, 5) is 12.0. The molecule has 0 radical (unpaired) electrons. The molecule has 0 aromatic carbocycles. The minimum Gasteiger partial charge on any atom is -0.462 e. The van der Waals surface area contributed by atoms with Gasteiger partial charge in [-0.15, -0.1) is 0 Å². The summed E-state index contributed by atoms with van der Waals surface area (Å²) in [6.07, 6.45) is -5.57. The first-order chi connectivity index (χ1) is 9.23. The van der Waals surface area contributed by atoms with Gasteiger partial charge >= 0.3 is 12.1 Å². The standard InChI is InChI=1S/C15H27F3O3/c1-7-13(4,5)12(19)21-11(8-10(2)3)9-14(6,20)15(16,17)18/h10-11,20H,7-9H2,1-6H3.